The van der Waals surface area contributed by atoms with Gasteiger partial charge < -0.3 is 5.32 Å². The van der Waals surface area contributed by atoms with E-state index < -0.39 is 11.6 Å². The molecule has 5 heteroatoms. The highest BCUT2D eigenvalue weighted by atomic mass is 35.5. The molecule has 2 rings (SSSR count). The van der Waals surface area contributed by atoms with Gasteiger partial charge in [0.2, 0.25) is 0 Å². The molecule has 112 valence electrons. The molecule has 0 aliphatic carbocycles. The number of hydrogen-bond donors (Lipinski definition) is 1. The number of rotatable bonds is 5. The van der Waals surface area contributed by atoms with E-state index in [1.54, 1.807) is 31.3 Å². The van der Waals surface area contributed by atoms with Crippen molar-refractivity contribution in [2.45, 2.75) is 18.9 Å². The Balaban J connectivity index is 2.17. The van der Waals surface area contributed by atoms with Crippen molar-refractivity contribution in [1.82, 2.24) is 5.32 Å². The third-order valence-electron chi connectivity index (χ3n) is 3.40. The van der Waals surface area contributed by atoms with Crippen LogP contribution in [0.25, 0.3) is 0 Å². The SMILES string of the molecule is CNC(Cc1cccc(Cl)c1F)Cc1cccc(F)c1Cl. The van der Waals surface area contributed by atoms with E-state index >= 15 is 0 Å². The molecule has 0 spiro atoms. The van der Waals surface area contributed by atoms with Crippen LogP contribution >= 0.6 is 23.2 Å². The van der Waals surface area contributed by atoms with Crippen molar-refractivity contribution in [3.8, 4) is 0 Å². The summed E-state index contributed by atoms with van der Waals surface area (Å²) in [5.41, 5.74) is 1.22. The average molecular weight is 330 g/mol. The van der Waals surface area contributed by atoms with Crippen LogP contribution < -0.4 is 5.32 Å². The van der Waals surface area contributed by atoms with Gasteiger partial charge in [-0.15, -0.1) is 0 Å². The van der Waals surface area contributed by atoms with Gasteiger partial charge in [-0.1, -0.05) is 47.5 Å². The molecule has 2 aromatic rings. The first-order valence-corrected chi connectivity index (χ1v) is 7.31. The predicted octanol–water partition coefficient (Wildman–Crippen LogP) is 4.64. The minimum absolute atomic E-state index is 0.0720. The lowest BCUT2D eigenvalue weighted by Gasteiger charge is -2.18. The highest BCUT2D eigenvalue weighted by molar-refractivity contribution is 6.31. The van der Waals surface area contributed by atoms with Gasteiger partial charge in [-0.2, -0.15) is 0 Å². The topological polar surface area (TPSA) is 12.0 Å². The summed E-state index contributed by atoms with van der Waals surface area (Å²) in [6.45, 7) is 0. The Hall–Kier alpha value is -1.16. The quantitative estimate of drug-likeness (QED) is 0.842. The molecule has 1 unspecified atom stereocenters. The fourth-order valence-electron chi connectivity index (χ4n) is 2.22. The van der Waals surface area contributed by atoms with Crippen molar-refractivity contribution in [2.24, 2.45) is 0 Å². The summed E-state index contributed by atoms with van der Waals surface area (Å²) in [6, 6.07) is 9.54. The van der Waals surface area contributed by atoms with Gasteiger partial charge in [0.05, 0.1) is 10.0 Å². The first-order valence-electron chi connectivity index (χ1n) is 6.56. The van der Waals surface area contributed by atoms with E-state index in [-0.39, 0.29) is 16.1 Å². The van der Waals surface area contributed by atoms with Gasteiger partial charge in [-0.3, -0.25) is 0 Å². The van der Waals surface area contributed by atoms with E-state index in [0.717, 1.165) is 0 Å². The number of benzene rings is 2. The summed E-state index contributed by atoms with van der Waals surface area (Å²) in [5.74, 6) is -0.859. The molecule has 0 amide bonds. The second-order valence-corrected chi connectivity index (χ2v) is 5.60. The van der Waals surface area contributed by atoms with Crippen molar-refractivity contribution in [1.29, 1.82) is 0 Å². The Morgan fingerprint density at radius 2 is 1.62 bits per heavy atom. The first kappa shape index (κ1) is 16.2. The summed E-state index contributed by atoms with van der Waals surface area (Å²) in [7, 11) is 1.78. The van der Waals surface area contributed by atoms with Gasteiger partial charge in [0.25, 0.3) is 0 Å². The summed E-state index contributed by atoms with van der Waals surface area (Å²) in [6.07, 6.45) is 0.939. The molecule has 0 aromatic heterocycles. The Labute approximate surface area is 132 Å². The predicted molar refractivity (Wildman–Crippen MR) is 83.1 cm³/mol. The third-order valence-corrected chi connectivity index (χ3v) is 4.12. The van der Waals surface area contributed by atoms with Gasteiger partial charge in [-0.25, -0.2) is 8.78 Å². The zero-order chi connectivity index (χ0) is 15.4. The maximum absolute atomic E-state index is 13.9. The van der Waals surface area contributed by atoms with Crippen LogP contribution in [0, 0.1) is 11.6 Å². The van der Waals surface area contributed by atoms with E-state index in [1.165, 1.54) is 12.1 Å². The summed E-state index contributed by atoms with van der Waals surface area (Å²) < 4.78 is 27.4. The maximum atomic E-state index is 13.9. The molecule has 1 atom stereocenters. The van der Waals surface area contributed by atoms with Crippen LogP contribution in [0.4, 0.5) is 8.78 Å². The standard InChI is InChI=1S/C16H15Cl2F2N/c1-21-12(8-10-4-3-7-14(19)15(10)18)9-11-5-2-6-13(17)16(11)20/h2-7,12,21H,8-9H2,1H3. The summed E-state index contributed by atoms with van der Waals surface area (Å²) in [4.78, 5) is 0. The monoisotopic (exact) mass is 329 g/mol. The third kappa shape index (κ3) is 3.94. The number of likely N-dealkylation sites (N-methyl/N-ethyl adjacent to an activating group) is 1. The van der Waals surface area contributed by atoms with Crippen molar-refractivity contribution in [3.63, 3.8) is 0 Å². The van der Waals surface area contributed by atoms with Gasteiger partial charge in [0.1, 0.15) is 11.6 Å². The number of hydrogen-bond acceptors (Lipinski definition) is 1. The number of nitrogens with one attached hydrogen (secondary N) is 1. The molecule has 0 bridgehead atoms. The molecule has 0 radical (unpaired) electrons. The highest BCUT2D eigenvalue weighted by Gasteiger charge is 2.15. The summed E-state index contributed by atoms with van der Waals surface area (Å²) in [5, 5.41) is 3.32. The molecule has 0 saturated heterocycles. The van der Waals surface area contributed by atoms with Crippen LogP contribution in [-0.4, -0.2) is 13.1 Å². The fraction of sp³-hybridized carbons (Fsp3) is 0.250. The lowest BCUT2D eigenvalue weighted by atomic mass is 9.98. The van der Waals surface area contributed by atoms with Gasteiger partial charge in [0, 0.05) is 6.04 Å². The second-order valence-electron chi connectivity index (χ2n) is 4.82. The molecular formula is C16H15Cl2F2N. The molecule has 1 nitrogen and oxygen atoms in total. The van der Waals surface area contributed by atoms with Crippen molar-refractivity contribution in [2.75, 3.05) is 7.05 Å². The Kier molecular flexibility index (Phi) is 5.57. The Morgan fingerprint density at radius 1 is 1.00 bits per heavy atom. The largest absolute Gasteiger partial charge is 0.316 e. The second kappa shape index (κ2) is 7.21. The van der Waals surface area contributed by atoms with Crippen molar-refractivity contribution >= 4 is 23.2 Å². The minimum atomic E-state index is -0.446. The van der Waals surface area contributed by atoms with Crippen LogP contribution in [0.15, 0.2) is 36.4 Å². The van der Waals surface area contributed by atoms with E-state index in [1.807, 2.05) is 0 Å². The average Bonchev–Trinajstić information content (AvgIpc) is 2.47. The lowest BCUT2D eigenvalue weighted by molar-refractivity contribution is 0.530. The first-order chi connectivity index (χ1) is 10.0. The molecular weight excluding hydrogens is 315 g/mol. The highest BCUT2D eigenvalue weighted by Crippen LogP contribution is 2.23. The molecule has 0 saturated carbocycles. The van der Waals surface area contributed by atoms with Crippen molar-refractivity contribution < 1.29 is 8.78 Å². The smallest absolute Gasteiger partial charge is 0.145 e. The molecule has 0 aliphatic heterocycles. The Morgan fingerprint density at radius 3 is 2.33 bits per heavy atom. The zero-order valence-electron chi connectivity index (χ0n) is 11.5. The van der Waals surface area contributed by atoms with E-state index in [0.29, 0.717) is 24.0 Å². The van der Waals surface area contributed by atoms with Gasteiger partial charge >= 0.3 is 0 Å². The maximum Gasteiger partial charge on any atom is 0.145 e. The normalized spacial score (nSPS) is 12.4. The van der Waals surface area contributed by atoms with Crippen LogP contribution in [0.3, 0.4) is 0 Å². The molecule has 1 N–H and O–H groups in total. The van der Waals surface area contributed by atoms with Crippen molar-refractivity contribution in [3.05, 3.63) is 69.2 Å². The van der Waals surface area contributed by atoms with Gasteiger partial charge in [-0.05, 0) is 43.1 Å². The van der Waals surface area contributed by atoms with Crippen LogP contribution in [0.1, 0.15) is 11.1 Å². The lowest BCUT2D eigenvalue weighted by Crippen LogP contribution is -2.30. The molecule has 0 aliphatic rings. The van der Waals surface area contributed by atoms with Crippen LogP contribution in [0.2, 0.25) is 10.0 Å². The van der Waals surface area contributed by atoms with E-state index in [9.17, 15) is 8.78 Å². The van der Waals surface area contributed by atoms with E-state index in [2.05, 4.69) is 5.32 Å². The molecule has 21 heavy (non-hydrogen) atoms. The fourth-order valence-corrected chi connectivity index (χ4v) is 2.62. The Bertz CT molecular complexity index is 578. The minimum Gasteiger partial charge on any atom is -0.316 e. The summed E-state index contributed by atoms with van der Waals surface area (Å²) >= 11 is 11.7. The number of halogens is 4. The van der Waals surface area contributed by atoms with E-state index in [4.69, 9.17) is 23.2 Å². The zero-order valence-corrected chi connectivity index (χ0v) is 13.0. The van der Waals surface area contributed by atoms with Crippen LogP contribution in [0.5, 0.6) is 0 Å². The molecule has 0 fully saturated rings. The van der Waals surface area contributed by atoms with Gasteiger partial charge in [0.15, 0.2) is 0 Å². The molecule has 2 aromatic carbocycles. The molecule has 0 heterocycles. The van der Waals surface area contributed by atoms with Crippen LogP contribution in [-0.2, 0) is 12.8 Å².